The van der Waals surface area contributed by atoms with Crippen LogP contribution in [0.15, 0.2) is 12.3 Å². The number of primary amides is 1. The molecule has 1 aliphatic heterocycles. The van der Waals surface area contributed by atoms with Crippen molar-refractivity contribution in [2.75, 3.05) is 11.4 Å². The second-order valence-corrected chi connectivity index (χ2v) is 4.09. The van der Waals surface area contributed by atoms with Gasteiger partial charge in [0.1, 0.15) is 0 Å². The van der Waals surface area contributed by atoms with Gasteiger partial charge in [-0.05, 0) is 19.8 Å². The van der Waals surface area contributed by atoms with Crippen molar-refractivity contribution in [3.8, 4) is 5.88 Å². The van der Waals surface area contributed by atoms with E-state index < -0.39 is 11.9 Å². The smallest absolute Gasteiger partial charge is 0.388 e. The lowest BCUT2D eigenvalue weighted by Gasteiger charge is -2.23. The van der Waals surface area contributed by atoms with Crippen LogP contribution < -0.4 is 15.4 Å². The van der Waals surface area contributed by atoms with Crippen LogP contribution in [-0.4, -0.2) is 23.7 Å². The minimum atomic E-state index is -1.07. The lowest BCUT2D eigenvalue weighted by Crippen LogP contribution is -2.26. The first-order valence-corrected chi connectivity index (χ1v) is 5.47. The highest BCUT2D eigenvalue weighted by atomic mass is 19.1. The average Bonchev–Trinajstić information content (AvgIpc) is 2.67. The van der Waals surface area contributed by atoms with Crippen LogP contribution >= 0.6 is 0 Å². The van der Waals surface area contributed by atoms with Crippen molar-refractivity contribution in [3.05, 3.63) is 18.1 Å². The SMILES string of the molecule is CC1CCCN1c1cnc(OC(N)=O)c(F)c1. The highest BCUT2D eigenvalue weighted by molar-refractivity contribution is 5.67. The number of anilines is 1. The molecule has 0 bridgehead atoms. The molecule has 0 aliphatic carbocycles. The van der Waals surface area contributed by atoms with E-state index in [0.29, 0.717) is 11.7 Å². The van der Waals surface area contributed by atoms with Gasteiger partial charge < -0.3 is 15.4 Å². The van der Waals surface area contributed by atoms with Crippen LogP contribution in [0.4, 0.5) is 14.9 Å². The number of hydrogen-bond donors (Lipinski definition) is 1. The van der Waals surface area contributed by atoms with Gasteiger partial charge in [-0.15, -0.1) is 0 Å². The lowest BCUT2D eigenvalue weighted by atomic mass is 10.2. The van der Waals surface area contributed by atoms with Crippen LogP contribution in [0.1, 0.15) is 19.8 Å². The second kappa shape index (κ2) is 4.57. The third kappa shape index (κ3) is 2.46. The predicted octanol–water partition coefficient (Wildman–Crippen LogP) is 1.67. The van der Waals surface area contributed by atoms with E-state index in [1.54, 1.807) is 0 Å². The van der Waals surface area contributed by atoms with Crippen LogP contribution in [0.25, 0.3) is 0 Å². The molecular weight excluding hydrogens is 225 g/mol. The molecule has 92 valence electrons. The fraction of sp³-hybridized carbons (Fsp3) is 0.455. The first-order chi connectivity index (χ1) is 8.08. The predicted molar refractivity (Wildman–Crippen MR) is 60.4 cm³/mol. The number of pyridine rings is 1. The Morgan fingerprint density at radius 1 is 1.71 bits per heavy atom. The van der Waals surface area contributed by atoms with Crippen LogP contribution in [0.3, 0.4) is 0 Å². The normalized spacial score (nSPS) is 19.4. The van der Waals surface area contributed by atoms with Gasteiger partial charge in [0.2, 0.25) is 0 Å². The summed E-state index contributed by atoms with van der Waals surface area (Å²) >= 11 is 0. The molecule has 2 heterocycles. The highest BCUT2D eigenvalue weighted by Gasteiger charge is 2.22. The maximum absolute atomic E-state index is 13.6. The molecule has 1 saturated heterocycles. The van der Waals surface area contributed by atoms with Crippen molar-refractivity contribution in [1.29, 1.82) is 0 Å². The molecule has 2 N–H and O–H groups in total. The molecule has 5 nitrogen and oxygen atoms in total. The molecule has 1 aromatic heterocycles. The van der Waals surface area contributed by atoms with E-state index in [1.165, 1.54) is 12.3 Å². The van der Waals surface area contributed by atoms with Gasteiger partial charge in [-0.25, -0.2) is 14.2 Å². The second-order valence-electron chi connectivity index (χ2n) is 4.09. The zero-order chi connectivity index (χ0) is 12.4. The van der Waals surface area contributed by atoms with E-state index in [4.69, 9.17) is 5.73 Å². The molecule has 0 aromatic carbocycles. The Morgan fingerprint density at radius 3 is 3.00 bits per heavy atom. The topological polar surface area (TPSA) is 68.5 Å². The molecule has 6 heteroatoms. The van der Waals surface area contributed by atoms with Crippen molar-refractivity contribution < 1.29 is 13.9 Å². The van der Waals surface area contributed by atoms with Gasteiger partial charge in [-0.3, -0.25) is 0 Å². The van der Waals surface area contributed by atoms with Gasteiger partial charge in [-0.2, -0.15) is 0 Å². The fourth-order valence-electron chi connectivity index (χ4n) is 2.06. The van der Waals surface area contributed by atoms with Gasteiger partial charge in [0.15, 0.2) is 5.82 Å². The minimum absolute atomic E-state index is 0.374. The van der Waals surface area contributed by atoms with Gasteiger partial charge in [0.05, 0.1) is 11.9 Å². The Kier molecular flexibility index (Phi) is 3.12. The van der Waals surface area contributed by atoms with Crippen molar-refractivity contribution in [1.82, 2.24) is 4.98 Å². The first-order valence-electron chi connectivity index (χ1n) is 5.47. The number of aromatic nitrogens is 1. The number of amides is 1. The molecule has 0 saturated carbocycles. The third-order valence-electron chi connectivity index (χ3n) is 2.87. The molecule has 17 heavy (non-hydrogen) atoms. The quantitative estimate of drug-likeness (QED) is 0.852. The van der Waals surface area contributed by atoms with E-state index in [1.807, 2.05) is 0 Å². The Hall–Kier alpha value is -1.85. The maximum atomic E-state index is 13.6. The van der Waals surface area contributed by atoms with Gasteiger partial charge in [0.25, 0.3) is 5.88 Å². The highest BCUT2D eigenvalue weighted by Crippen LogP contribution is 2.27. The van der Waals surface area contributed by atoms with Gasteiger partial charge in [0, 0.05) is 18.7 Å². The number of halogens is 1. The summed E-state index contributed by atoms with van der Waals surface area (Å²) < 4.78 is 18.0. The molecule has 1 unspecified atom stereocenters. The maximum Gasteiger partial charge on any atom is 0.411 e. The standard InChI is InChI=1S/C11H14FN3O2/c1-7-3-2-4-15(7)8-5-9(12)10(14-6-8)17-11(13)16/h5-7H,2-4H2,1H3,(H2,13,16). The Balaban J connectivity index is 2.21. The summed E-state index contributed by atoms with van der Waals surface area (Å²) in [6.07, 6.45) is 2.59. The summed E-state index contributed by atoms with van der Waals surface area (Å²) in [5.41, 5.74) is 5.50. The van der Waals surface area contributed by atoms with Gasteiger partial charge in [-0.1, -0.05) is 0 Å². The third-order valence-corrected chi connectivity index (χ3v) is 2.87. The summed E-state index contributed by atoms with van der Waals surface area (Å²) in [5.74, 6) is -1.06. The molecular formula is C11H14FN3O2. The minimum Gasteiger partial charge on any atom is -0.388 e. The van der Waals surface area contributed by atoms with Crippen molar-refractivity contribution in [2.24, 2.45) is 5.73 Å². The molecule has 2 rings (SSSR count). The lowest BCUT2D eigenvalue weighted by molar-refractivity contribution is 0.206. The average molecular weight is 239 g/mol. The number of nitrogens with zero attached hydrogens (tertiary/aromatic N) is 2. The summed E-state index contributed by atoms with van der Waals surface area (Å²) in [5, 5.41) is 0. The number of rotatable bonds is 2. The van der Waals surface area contributed by atoms with E-state index in [9.17, 15) is 9.18 Å². The van der Waals surface area contributed by atoms with Gasteiger partial charge >= 0.3 is 6.09 Å². The fourth-order valence-corrected chi connectivity index (χ4v) is 2.06. The molecule has 1 aromatic rings. The number of carbonyl (C=O) groups is 1. The van der Waals surface area contributed by atoms with E-state index in [2.05, 4.69) is 21.5 Å². The number of carbonyl (C=O) groups excluding carboxylic acids is 1. The van der Waals surface area contributed by atoms with Crippen LogP contribution in [-0.2, 0) is 0 Å². The van der Waals surface area contributed by atoms with E-state index >= 15 is 0 Å². The van der Waals surface area contributed by atoms with E-state index in [-0.39, 0.29) is 5.88 Å². The zero-order valence-corrected chi connectivity index (χ0v) is 9.52. The Bertz CT molecular complexity index is 439. The summed E-state index contributed by atoms with van der Waals surface area (Å²) in [6, 6.07) is 1.69. The molecule has 0 spiro atoms. The molecule has 1 amide bonds. The van der Waals surface area contributed by atoms with Crippen molar-refractivity contribution in [2.45, 2.75) is 25.8 Å². The van der Waals surface area contributed by atoms with Crippen molar-refractivity contribution in [3.63, 3.8) is 0 Å². The molecule has 0 radical (unpaired) electrons. The largest absolute Gasteiger partial charge is 0.411 e. The van der Waals surface area contributed by atoms with Crippen LogP contribution in [0.5, 0.6) is 5.88 Å². The Morgan fingerprint density at radius 2 is 2.47 bits per heavy atom. The molecule has 1 aliphatic rings. The number of hydrogen-bond acceptors (Lipinski definition) is 4. The monoisotopic (exact) mass is 239 g/mol. The van der Waals surface area contributed by atoms with Crippen molar-refractivity contribution >= 4 is 11.8 Å². The van der Waals surface area contributed by atoms with Crippen LogP contribution in [0, 0.1) is 5.82 Å². The molecule has 1 fully saturated rings. The molecule has 1 atom stereocenters. The Labute approximate surface area is 98.4 Å². The number of ether oxygens (including phenoxy) is 1. The number of nitrogens with two attached hydrogens (primary N) is 1. The summed E-state index contributed by atoms with van der Waals surface area (Å²) in [6.45, 7) is 2.97. The van der Waals surface area contributed by atoms with Crippen LogP contribution in [0.2, 0.25) is 0 Å². The summed E-state index contributed by atoms with van der Waals surface area (Å²) in [7, 11) is 0. The first kappa shape index (κ1) is 11.6. The zero-order valence-electron chi connectivity index (χ0n) is 9.52. The summed E-state index contributed by atoms with van der Waals surface area (Å²) in [4.78, 5) is 16.3. The van der Waals surface area contributed by atoms with E-state index in [0.717, 1.165) is 19.4 Å².